The van der Waals surface area contributed by atoms with E-state index in [4.69, 9.17) is 4.74 Å². The number of nitrogens with zero attached hydrogens (tertiary/aromatic N) is 4. The van der Waals surface area contributed by atoms with Gasteiger partial charge in [0.1, 0.15) is 16.6 Å². The summed E-state index contributed by atoms with van der Waals surface area (Å²) in [4.78, 5) is 29.5. The average molecular weight is 396 g/mol. The number of hydrogen-bond acceptors (Lipinski definition) is 7. The van der Waals surface area contributed by atoms with Crippen LogP contribution in [-0.4, -0.2) is 84.8 Å². The third-order valence-electron chi connectivity index (χ3n) is 5.79. The number of carbonyl (C=O) groups is 2. The smallest absolute Gasteiger partial charge is 0.248 e. The van der Waals surface area contributed by atoms with Gasteiger partial charge >= 0.3 is 0 Å². The zero-order valence-electron chi connectivity index (χ0n) is 16.4. The van der Waals surface area contributed by atoms with Gasteiger partial charge in [-0.05, 0) is 39.8 Å². The number of aryl methyl sites for hydroxylation is 1. The first kappa shape index (κ1) is 20.2. The summed E-state index contributed by atoms with van der Waals surface area (Å²) < 4.78 is 5.00. The molecule has 2 aliphatic rings. The number of amides is 2. The number of methoxy groups -OCH3 is 1. The second kappa shape index (κ2) is 8.62. The summed E-state index contributed by atoms with van der Waals surface area (Å²) in [6.45, 7) is 4.74. The predicted octanol–water partition coefficient (Wildman–Crippen LogP) is 0.465. The van der Waals surface area contributed by atoms with Crippen molar-refractivity contribution in [1.82, 2.24) is 25.3 Å². The maximum Gasteiger partial charge on any atom is 0.248 e. The molecule has 3 heterocycles. The summed E-state index contributed by atoms with van der Waals surface area (Å²) in [5.74, 6) is 0.108. The fraction of sp³-hybridized carbons (Fsp3) is 0.778. The van der Waals surface area contributed by atoms with E-state index < -0.39 is 5.41 Å². The van der Waals surface area contributed by atoms with E-state index in [0.29, 0.717) is 32.5 Å². The minimum atomic E-state index is -0.423. The number of carbonyl (C=O) groups excluding carboxylic acids is 2. The molecule has 150 valence electrons. The van der Waals surface area contributed by atoms with E-state index in [1.54, 1.807) is 11.3 Å². The Labute approximate surface area is 164 Å². The molecule has 0 aromatic carbocycles. The van der Waals surface area contributed by atoms with Crippen LogP contribution in [0.25, 0.3) is 0 Å². The molecule has 2 amide bonds. The Balaban J connectivity index is 1.65. The zero-order chi connectivity index (χ0) is 19.4. The van der Waals surface area contributed by atoms with Crippen molar-refractivity contribution in [3.63, 3.8) is 0 Å². The van der Waals surface area contributed by atoms with E-state index in [1.807, 2.05) is 11.8 Å². The highest BCUT2D eigenvalue weighted by molar-refractivity contribution is 7.11. The number of fused-ring (bicyclic) bond motifs is 1. The van der Waals surface area contributed by atoms with Gasteiger partial charge in [-0.25, -0.2) is 0 Å². The number of nitrogens with one attached hydrogen (secondary N) is 1. The maximum atomic E-state index is 13.2. The van der Waals surface area contributed by atoms with Crippen molar-refractivity contribution in [3.05, 3.63) is 10.0 Å². The second-order valence-electron chi connectivity index (χ2n) is 7.50. The van der Waals surface area contributed by atoms with Crippen LogP contribution in [0.2, 0.25) is 0 Å². The molecule has 9 heteroatoms. The minimum absolute atomic E-state index is 0.00267. The summed E-state index contributed by atoms with van der Waals surface area (Å²) in [7, 11) is 3.59. The molecular weight excluding hydrogens is 366 g/mol. The Morgan fingerprint density at radius 2 is 2.15 bits per heavy atom. The molecule has 8 nitrogen and oxygen atoms in total. The van der Waals surface area contributed by atoms with Gasteiger partial charge in [0, 0.05) is 39.2 Å². The summed E-state index contributed by atoms with van der Waals surface area (Å²) in [6.07, 6.45) is 3.27. The van der Waals surface area contributed by atoms with E-state index in [-0.39, 0.29) is 24.5 Å². The van der Waals surface area contributed by atoms with Gasteiger partial charge in [0.25, 0.3) is 0 Å². The number of likely N-dealkylation sites (tertiary alicyclic amines) is 2. The third-order valence-corrected chi connectivity index (χ3v) is 6.69. The molecule has 2 aliphatic heterocycles. The van der Waals surface area contributed by atoms with Gasteiger partial charge in [-0.1, -0.05) is 0 Å². The van der Waals surface area contributed by atoms with Gasteiger partial charge in [0.05, 0.1) is 5.41 Å². The van der Waals surface area contributed by atoms with Crippen LogP contribution in [0.3, 0.4) is 0 Å². The average Bonchev–Trinajstić information content (AvgIpc) is 3.07. The first-order chi connectivity index (χ1) is 13.0. The predicted molar refractivity (Wildman–Crippen MR) is 103 cm³/mol. The highest BCUT2D eigenvalue weighted by atomic mass is 32.1. The molecule has 0 aliphatic carbocycles. The van der Waals surface area contributed by atoms with Crippen molar-refractivity contribution >= 4 is 23.2 Å². The van der Waals surface area contributed by atoms with Gasteiger partial charge in [0.2, 0.25) is 11.8 Å². The number of aromatic nitrogens is 2. The molecule has 3 rings (SSSR count). The molecule has 27 heavy (non-hydrogen) atoms. The Morgan fingerprint density at radius 1 is 1.33 bits per heavy atom. The lowest BCUT2D eigenvalue weighted by atomic mass is 9.67. The quantitative estimate of drug-likeness (QED) is 0.753. The molecule has 0 radical (unpaired) electrons. The molecule has 2 atom stereocenters. The third kappa shape index (κ3) is 4.30. The van der Waals surface area contributed by atoms with Gasteiger partial charge in [-0.2, -0.15) is 0 Å². The molecule has 1 aromatic heterocycles. The summed E-state index contributed by atoms with van der Waals surface area (Å²) >= 11 is 1.57. The number of likely N-dealkylation sites (N-methyl/N-ethyl adjacent to an activating group) is 1. The molecule has 0 spiro atoms. The van der Waals surface area contributed by atoms with Crippen molar-refractivity contribution in [1.29, 1.82) is 0 Å². The molecule has 0 unspecified atom stereocenters. The number of piperidine rings is 2. The van der Waals surface area contributed by atoms with Crippen LogP contribution >= 0.6 is 11.3 Å². The van der Waals surface area contributed by atoms with Crippen molar-refractivity contribution in [2.45, 2.75) is 38.6 Å². The monoisotopic (exact) mass is 395 g/mol. The second-order valence-corrected chi connectivity index (χ2v) is 8.77. The first-order valence-corrected chi connectivity index (χ1v) is 10.3. The molecule has 2 fully saturated rings. The minimum Gasteiger partial charge on any atom is -0.375 e. The largest absolute Gasteiger partial charge is 0.375 e. The number of rotatable bonds is 6. The topological polar surface area (TPSA) is 87.7 Å². The van der Waals surface area contributed by atoms with Crippen molar-refractivity contribution in [3.8, 4) is 0 Å². The van der Waals surface area contributed by atoms with Crippen LogP contribution in [0.4, 0.5) is 0 Å². The van der Waals surface area contributed by atoms with Crippen LogP contribution < -0.4 is 5.32 Å². The lowest BCUT2D eigenvalue weighted by Gasteiger charge is -2.53. The first-order valence-electron chi connectivity index (χ1n) is 9.50. The summed E-state index contributed by atoms with van der Waals surface area (Å²) in [5.41, 5.74) is -0.423. The molecule has 2 saturated heterocycles. The van der Waals surface area contributed by atoms with Crippen LogP contribution in [0, 0.1) is 12.3 Å². The Bertz CT molecular complexity index is 682. The van der Waals surface area contributed by atoms with E-state index in [9.17, 15) is 9.59 Å². The molecule has 0 saturated carbocycles. The number of hydrogen-bond donors (Lipinski definition) is 1. The standard InChI is InChI=1S/C18H29N5O3S/c1-13-20-21-15(27-13)5-8-19-17(25)18-6-4-9-22(2)14(18)11-23(10-7-18)16(24)12-26-3/h14H,4-12H2,1-3H3,(H,19,25)/t14-,18+/m0/s1. The molecule has 1 aromatic rings. The Morgan fingerprint density at radius 3 is 2.85 bits per heavy atom. The fourth-order valence-electron chi connectivity index (χ4n) is 4.35. The highest BCUT2D eigenvalue weighted by Gasteiger charge is 2.52. The van der Waals surface area contributed by atoms with Crippen molar-refractivity contribution in [2.75, 3.05) is 46.9 Å². The van der Waals surface area contributed by atoms with Gasteiger partial charge in [-0.15, -0.1) is 21.5 Å². The van der Waals surface area contributed by atoms with Crippen molar-refractivity contribution in [2.24, 2.45) is 5.41 Å². The summed E-state index contributed by atoms with van der Waals surface area (Å²) in [6, 6.07) is 0.0459. The van der Waals surface area contributed by atoms with Crippen molar-refractivity contribution < 1.29 is 14.3 Å². The van der Waals surface area contributed by atoms with Crippen LogP contribution in [-0.2, 0) is 20.7 Å². The SMILES string of the molecule is COCC(=O)N1CC[C@]2(C(=O)NCCc3nnc(C)s3)CCCN(C)[C@H]2C1. The molecule has 1 N–H and O–H groups in total. The van der Waals surface area contributed by atoms with E-state index in [2.05, 4.69) is 27.5 Å². The number of ether oxygens (including phenoxy) is 1. The van der Waals surface area contributed by atoms with Crippen LogP contribution in [0.15, 0.2) is 0 Å². The normalized spacial score (nSPS) is 25.9. The Kier molecular flexibility index (Phi) is 6.44. The van der Waals surface area contributed by atoms with E-state index in [1.165, 1.54) is 7.11 Å². The molecule has 0 bridgehead atoms. The van der Waals surface area contributed by atoms with Gasteiger partial charge in [0.15, 0.2) is 0 Å². The maximum absolute atomic E-state index is 13.2. The van der Waals surface area contributed by atoms with Gasteiger partial charge < -0.3 is 19.9 Å². The highest BCUT2D eigenvalue weighted by Crippen LogP contribution is 2.42. The van der Waals surface area contributed by atoms with E-state index in [0.717, 1.165) is 29.4 Å². The zero-order valence-corrected chi connectivity index (χ0v) is 17.2. The van der Waals surface area contributed by atoms with Gasteiger partial charge in [-0.3, -0.25) is 9.59 Å². The van der Waals surface area contributed by atoms with Crippen LogP contribution in [0.1, 0.15) is 29.3 Å². The van der Waals surface area contributed by atoms with E-state index >= 15 is 0 Å². The summed E-state index contributed by atoms with van der Waals surface area (Å²) in [5, 5.41) is 13.2. The lowest BCUT2D eigenvalue weighted by molar-refractivity contribution is -0.152. The van der Waals surface area contributed by atoms with Crippen LogP contribution in [0.5, 0.6) is 0 Å². The lowest BCUT2D eigenvalue weighted by Crippen LogP contribution is -2.65. The Hall–Kier alpha value is -1.58. The fourth-order valence-corrected chi connectivity index (χ4v) is 5.05. The molecular formula is C18H29N5O3S.